The molecule has 0 heterocycles. The van der Waals surface area contributed by atoms with E-state index in [-0.39, 0.29) is 5.41 Å². The summed E-state index contributed by atoms with van der Waals surface area (Å²) in [7, 11) is 0. The molecule has 0 amide bonds. The molecule has 0 fully saturated rings. The van der Waals surface area contributed by atoms with E-state index < -0.39 is 0 Å². The SMILES string of the molecule is CCCCCCCCC1(CCCCCCCC)c2cc(N(c3cccc(C)c3)c3cccc(CC)c3)ccc2-c2ccc(N(c3cccc(C)c3)c3cccc(C(C)C)c3)cc21. The summed E-state index contributed by atoms with van der Waals surface area (Å²) < 4.78 is 0. The van der Waals surface area contributed by atoms with E-state index in [4.69, 9.17) is 0 Å². The molecule has 1 aliphatic carbocycles. The van der Waals surface area contributed by atoms with Gasteiger partial charge in [-0.25, -0.2) is 0 Å². The summed E-state index contributed by atoms with van der Waals surface area (Å²) in [5.74, 6) is 0.448. The first kappa shape index (κ1) is 45.0. The van der Waals surface area contributed by atoms with Gasteiger partial charge in [0.2, 0.25) is 0 Å². The molecule has 6 aromatic rings. The van der Waals surface area contributed by atoms with Crippen LogP contribution >= 0.6 is 0 Å². The molecule has 0 unspecified atom stereocenters. The zero-order chi connectivity index (χ0) is 43.5. The van der Waals surface area contributed by atoms with Gasteiger partial charge in [0.15, 0.2) is 0 Å². The number of rotatable bonds is 22. The Labute approximate surface area is 376 Å². The first-order valence-electron chi connectivity index (χ1n) is 24.5. The fourth-order valence-corrected chi connectivity index (χ4v) is 10.2. The van der Waals surface area contributed by atoms with Crippen molar-refractivity contribution in [1.29, 1.82) is 0 Å². The molecule has 0 radical (unpaired) electrons. The van der Waals surface area contributed by atoms with E-state index in [0.29, 0.717) is 5.92 Å². The smallest absolute Gasteiger partial charge is 0.0465 e. The van der Waals surface area contributed by atoms with Crippen LogP contribution in [-0.2, 0) is 11.8 Å². The molecule has 7 rings (SSSR count). The number of benzene rings is 6. The third-order valence-corrected chi connectivity index (χ3v) is 13.7. The summed E-state index contributed by atoms with van der Waals surface area (Å²) in [6.07, 6.45) is 19.0. The Kier molecular flexibility index (Phi) is 15.5. The predicted octanol–water partition coefficient (Wildman–Crippen LogP) is 18.7. The first-order valence-corrected chi connectivity index (χ1v) is 24.5. The van der Waals surface area contributed by atoms with Crippen LogP contribution in [0.2, 0.25) is 0 Å². The molecular formula is C60H74N2. The van der Waals surface area contributed by atoms with E-state index in [2.05, 4.69) is 192 Å². The van der Waals surface area contributed by atoms with Crippen molar-refractivity contribution in [3.63, 3.8) is 0 Å². The Hall–Kier alpha value is -5.08. The van der Waals surface area contributed by atoms with Crippen LogP contribution in [0.25, 0.3) is 11.1 Å². The van der Waals surface area contributed by atoms with Crippen LogP contribution in [0.15, 0.2) is 133 Å². The topological polar surface area (TPSA) is 6.48 Å². The minimum absolute atomic E-state index is 0.0895. The number of unbranched alkanes of at least 4 members (excludes halogenated alkanes) is 10. The Morgan fingerprint density at radius 1 is 0.419 bits per heavy atom. The molecule has 0 N–H and O–H groups in total. The molecule has 0 aliphatic heterocycles. The molecule has 6 aromatic carbocycles. The van der Waals surface area contributed by atoms with E-state index in [1.165, 1.54) is 169 Å². The molecule has 0 spiro atoms. The zero-order valence-corrected chi connectivity index (χ0v) is 39.3. The lowest BCUT2D eigenvalue weighted by Gasteiger charge is -2.35. The second-order valence-corrected chi connectivity index (χ2v) is 18.7. The van der Waals surface area contributed by atoms with Crippen molar-refractivity contribution in [2.24, 2.45) is 0 Å². The van der Waals surface area contributed by atoms with Crippen LogP contribution < -0.4 is 9.80 Å². The molecule has 2 nitrogen and oxygen atoms in total. The number of aryl methyl sites for hydroxylation is 3. The molecule has 324 valence electrons. The summed E-state index contributed by atoms with van der Waals surface area (Å²) >= 11 is 0. The Morgan fingerprint density at radius 3 is 1.31 bits per heavy atom. The van der Waals surface area contributed by atoms with Crippen LogP contribution in [0.1, 0.15) is 164 Å². The lowest BCUT2D eigenvalue weighted by Crippen LogP contribution is -2.26. The number of fused-ring (bicyclic) bond motifs is 3. The largest absolute Gasteiger partial charge is 0.310 e. The summed E-state index contributed by atoms with van der Waals surface area (Å²) in [5, 5.41) is 0. The average Bonchev–Trinajstić information content (AvgIpc) is 3.54. The zero-order valence-electron chi connectivity index (χ0n) is 39.3. The third-order valence-electron chi connectivity index (χ3n) is 13.7. The standard InChI is InChI=1S/C60H74N2/c1-8-11-13-15-17-19-37-60(38-20-18-16-14-12-9-2)58-43-54(61(50-29-21-25-46(6)39-50)52-31-23-27-48(10-3)41-52)33-35-56(58)57-36-34-55(44-59(57)60)62(51-30-22-26-47(7)40-51)53-32-24-28-49(42-53)45(4)5/h21-36,39-45H,8-20,37-38H2,1-7H3. The van der Waals surface area contributed by atoms with Crippen molar-refractivity contribution < 1.29 is 0 Å². The van der Waals surface area contributed by atoms with Gasteiger partial charge in [-0.2, -0.15) is 0 Å². The molecule has 0 bridgehead atoms. The third kappa shape index (κ3) is 10.2. The van der Waals surface area contributed by atoms with Gasteiger partial charge in [0, 0.05) is 39.5 Å². The van der Waals surface area contributed by atoms with Gasteiger partial charge in [-0.3, -0.25) is 0 Å². The monoisotopic (exact) mass is 823 g/mol. The van der Waals surface area contributed by atoms with Crippen LogP contribution in [-0.4, -0.2) is 0 Å². The van der Waals surface area contributed by atoms with Gasteiger partial charge in [0.25, 0.3) is 0 Å². The van der Waals surface area contributed by atoms with E-state index in [1.54, 1.807) is 0 Å². The number of hydrogen-bond acceptors (Lipinski definition) is 2. The van der Waals surface area contributed by atoms with Gasteiger partial charge in [-0.1, -0.05) is 172 Å². The molecule has 0 atom stereocenters. The second kappa shape index (κ2) is 21.3. The molecule has 0 saturated heterocycles. The molecule has 2 heteroatoms. The van der Waals surface area contributed by atoms with Crippen molar-refractivity contribution in [2.45, 2.75) is 156 Å². The number of anilines is 6. The van der Waals surface area contributed by atoms with Gasteiger partial charge < -0.3 is 9.80 Å². The van der Waals surface area contributed by atoms with Crippen molar-refractivity contribution in [2.75, 3.05) is 9.80 Å². The maximum Gasteiger partial charge on any atom is 0.0465 e. The molecule has 0 aromatic heterocycles. The van der Waals surface area contributed by atoms with Crippen molar-refractivity contribution >= 4 is 34.1 Å². The van der Waals surface area contributed by atoms with Crippen molar-refractivity contribution in [3.8, 4) is 11.1 Å². The number of hydrogen-bond donors (Lipinski definition) is 0. The first-order chi connectivity index (χ1) is 30.3. The fourth-order valence-electron chi connectivity index (χ4n) is 10.2. The lowest BCUT2D eigenvalue weighted by atomic mass is 9.70. The maximum absolute atomic E-state index is 2.62. The second-order valence-electron chi connectivity index (χ2n) is 18.7. The van der Waals surface area contributed by atoms with Gasteiger partial charge in [0.1, 0.15) is 0 Å². The van der Waals surface area contributed by atoms with Crippen LogP contribution in [0, 0.1) is 13.8 Å². The van der Waals surface area contributed by atoms with Crippen LogP contribution in [0.4, 0.5) is 34.1 Å². The molecule has 1 aliphatic rings. The van der Waals surface area contributed by atoms with Gasteiger partial charge in [-0.05, 0) is 156 Å². The highest BCUT2D eigenvalue weighted by atomic mass is 15.1. The summed E-state index contributed by atoms with van der Waals surface area (Å²) in [4.78, 5) is 5.04. The highest BCUT2D eigenvalue weighted by molar-refractivity contribution is 5.89. The fraction of sp³-hybridized carbons (Fsp3) is 0.400. The van der Waals surface area contributed by atoms with Gasteiger partial charge in [-0.15, -0.1) is 0 Å². The highest BCUT2D eigenvalue weighted by Gasteiger charge is 2.43. The molecule has 62 heavy (non-hydrogen) atoms. The van der Waals surface area contributed by atoms with E-state index in [1.807, 2.05) is 0 Å². The Bertz CT molecular complexity index is 2350. The minimum Gasteiger partial charge on any atom is -0.310 e. The molecule has 0 saturated carbocycles. The van der Waals surface area contributed by atoms with Crippen molar-refractivity contribution in [1.82, 2.24) is 0 Å². The normalized spacial score (nSPS) is 12.7. The Balaban J connectivity index is 1.42. The van der Waals surface area contributed by atoms with Gasteiger partial charge in [0.05, 0.1) is 0 Å². The maximum atomic E-state index is 2.62. The quantitative estimate of drug-likeness (QED) is 0.0630. The van der Waals surface area contributed by atoms with E-state index in [0.717, 1.165) is 6.42 Å². The molecular weight excluding hydrogens is 749 g/mol. The van der Waals surface area contributed by atoms with E-state index in [9.17, 15) is 0 Å². The average molecular weight is 823 g/mol. The minimum atomic E-state index is -0.0895. The van der Waals surface area contributed by atoms with Crippen LogP contribution in [0.3, 0.4) is 0 Å². The predicted molar refractivity (Wildman–Crippen MR) is 271 cm³/mol. The van der Waals surface area contributed by atoms with Crippen LogP contribution in [0.5, 0.6) is 0 Å². The number of nitrogens with zero attached hydrogens (tertiary/aromatic N) is 2. The summed E-state index contributed by atoms with van der Waals surface area (Å²) in [6.45, 7) is 16.0. The Morgan fingerprint density at radius 2 is 0.839 bits per heavy atom. The summed E-state index contributed by atoms with van der Waals surface area (Å²) in [6, 6.07) is 51.6. The van der Waals surface area contributed by atoms with Crippen molar-refractivity contribution in [3.05, 3.63) is 167 Å². The highest BCUT2D eigenvalue weighted by Crippen LogP contribution is 2.57. The lowest BCUT2D eigenvalue weighted by molar-refractivity contribution is 0.398. The van der Waals surface area contributed by atoms with E-state index >= 15 is 0 Å². The summed E-state index contributed by atoms with van der Waals surface area (Å²) in [5.41, 5.74) is 18.4. The van der Waals surface area contributed by atoms with Gasteiger partial charge >= 0.3 is 0 Å².